The largest absolute Gasteiger partial charge is 0.497 e. The summed E-state index contributed by atoms with van der Waals surface area (Å²) in [6.45, 7) is 0. The lowest BCUT2D eigenvalue weighted by atomic mass is 10.2. The molecule has 5 rings (SSSR count). The van der Waals surface area contributed by atoms with Gasteiger partial charge in [-0.05, 0) is 86.5 Å². The van der Waals surface area contributed by atoms with Crippen molar-refractivity contribution in [1.29, 1.82) is 0 Å². The Kier molecular flexibility index (Phi) is 8.04. The monoisotopic (exact) mass is 628 g/mol. The highest BCUT2D eigenvalue weighted by Gasteiger charge is 2.14. The molecule has 0 unspecified atom stereocenters. The fourth-order valence-electron chi connectivity index (χ4n) is 3.24. The van der Waals surface area contributed by atoms with Gasteiger partial charge in [0.15, 0.2) is 0 Å². The van der Waals surface area contributed by atoms with Crippen molar-refractivity contribution in [3.05, 3.63) is 91.7 Å². The average Bonchev–Trinajstić information content (AvgIpc) is 2.91. The number of methoxy groups -OCH3 is 2. The molecule has 9 nitrogen and oxygen atoms in total. The summed E-state index contributed by atoms with van der Waals surface area (Å²) < 4.78 is 22.5. The first-order chi connectivity index (χ1) is 17.8. The second-order valence-corrected chi connectivity index (χ2v) is 9.22. The predicted octanol–water partition coefficient (Wildman–Crippen LogP) is 6.46. The van der Waals surface area contributed by atoms with Crippen LogP contribution in [0.5, 0.6) is 23.1 Å². The molecular weight excluding hydrogens is 612 g/mol. The van der Waals surface area contributed by atoms with E-state index in [-0.39, 0.29) is 16.9 Å². The van der Waals surface area contributed by atoms with Crippen LogP contribution in [0, 0.1) is 0 Å². The van der Waals surface area contributed by atoms with Crippen LogP contribution in [-0.4, -0.2) is 35.3 Å². The van der Waals surface area contributed by atoms with Crippen molar-refractivity contribution in [2.45, 2.75) is 0 Å². The van der Waals surface area contributed by atoms with Gasteiger partial charge in [-0.2, -0.15) is 0 Å². The van der Waals surface area contributed by atoms with Crippen molar-refractivity contribution in [2.24, 2.45) is 0 Å². The Bertz CT molecular complexity index is 1650. The van der Waals surface area contributed by atoms with E-state index in [9.17, 15) is 9.59 Å². The molecule has 37 heavy (non-hydrogen) atoms. The van der Waals surface area contributed by atoms with E-state index in [4.69, 9.17) is 23.7 Å². The summed E-state index contributed by atoms with van der Waals surface area (Å²) in [6.07, 6.45) is 3.08. The van der Waals surface area contributed by atoms with Crippen LogP contribution >= 0.6 is 31.9 Å². The molecule has 0 spiro atoms. The second-order valence-electron chi connectivity index (χ2n) is 7.39. The van der Waals surface area contributed by atoms with Crippen LogP contribution in [0.4, 0.5) is 0 Å². The molecule has 3 heterocycles. The van der Waals surface area contributed by atoms with Crippen LogP contribution in [0.3, 0.4) is 0 Å². The maximum absolute atomic E-state index is 12.3. The number of hydrogen-bond acceptors (Lipinski definition) is 8. The molecule has 0 bridgehead atoms. The summed E-state index contributed by atoms with van der Waals surface area (Å²) in [7, 11) is 3.12. The van der Waals surface area contributed by atoms with Crippen LogP contribution < -0.4 is 19.6 Å². The third-order valence-electron chi connectivity index (χ3n) is 5.02. The second kappa shape index (κ2) is 11.4. The highest BCUT2D eigenvalue weighted by molar-refractivity contribution is 9.10. The van der Waals surface area contributed by atoms with Gasteiger partial charge >= 0.3 is 5.97 Å². The van der Waals surface area contributed by atoms with Gasteiger partial charge in [0.1, 0.15) is 28.4 Å². The first-order valence-electron chi connectivity index (χ1n) is 10.6. The van der Waals surface area contributed by atoms with Gasteiger partial charge in [-0.1, -0.05) is 0 Å². The number of fused-ring (bicyclic) bond motifs is 2. The Hall–Kier alpha value is -3.96. The number of rotatable bonds is 5. The van der Waals surface area contributed by atoms with E-state index >= 15 is 0 Å². The van der Waals surface area contributed by atoms with Crippen molar-refractivity contribution in [3.63, 3.8) is 0 Å². The number of aromatic nitrogens is 2. The lowest BCUT2D eigenvalue weighted by Crippen LogP contribution is -2.03. The molecule has 0 aliphatic carbocycles. The molecule has 0 aliphatic heterocycles. The molecule has 0 aliphatic rings. The Labute approximate surface area is 226 Å². The first-order valence-corrected chi connectivity index (χ1v) is 12.1. The molecule has 5 aromatic rings. The van der Waals surface area contributed by atoms with E-state index in [1.54, 1.807) is 68.9 Å². The van der Waals surface area contributed by atoms with E-state index in [0.717, 1.165) is 4.47 Å². The van der Waals surface area contributed by atoms with Gasteiger partial charge in [-0.15, -0.1) is 0 Å². The standard InChI is InChI=1S/C13H10BrNO4.C13H8BrNO3/c1-18-9-2-4-10(5-3-9)19-12-11(13(16)17)6-8(14)7-15-12;1-17-8-2-3-11-9(5-8)12(16)10-4-7(14)6-15-13(10)18-11/h2-7H,1H3,(H,16,17);2-6H,1H3. The Balaban J connectivity index is 0.000000173. The topological polar surface area (TPSA) is 121 Å². The summed E-state index contributed by atoms with van der Waals surface area (Å²) in [5.41, 5.74) is 0.716. The highest BCUT2D eigenvalue weighted by Crippen LogP contribution is 2.27. The predicted molar refractivity (Wildman–Crippen MR) is 144 cm³/mol. The number of ether oxygens (including phenoxy) is 3. The summed E-state index contributed by atoms with van der Waals surface area (Å²) in [5.74, 6) is 0.739. The molecule has 0 saturated heterocycles. The zero-order valence-corrected chi connectivity index (χ0v) is 22.6. The summed E-state index contributed by atoms with van der Waals surface area (Å²) in [4.78, 5) is 31.5. The molecule has 0 atom stereocenters. The van der Waals surface area contributed by atoms with Crippen molar-refractivity contribution in [1.82, 2.24) is 9.97 Å². The zero-order valence-electron chi connectivity index (χ0n) is 19.4. The normalized spacial score (nSPS) is 10.5. The number of aromatic carboxylic acids is 1. The minimum absolute atomic E-state index is 0.00908. The van der Waals surface area contributed by atoms with Crippen LogP contribution in [0.25, 0.3) is 22.1 Å². The molecule has 1 N–H and O–H groups in total. The molecule has 2 aromatic carbocycles. The number of benzene rings is 2. The Morgan fingerprint density at radius 2 is 1.46 bits per heavy atom. The molecule has 11 heteroatoms. The molecule has 3 aromatic heterocycles. The van der Waals surface area contributed by atoms with E-state index in [1.807, 2.05) is 0 Å². The van der Waals surface area contributed by atoms with Crippen LogP contribution in [0.15, 0.2) is 85.1 Å². The van der Waals surface area contributed by atoms with Crippen molar-refractivity contribution in [3.8, 4) is 23.1 Å². The van der Waals surface area contributed by atoms with Gasteiger partial charge in [0.25, 0.3) is 0 Å². The van der Waals surface area contributed by atoms with Crippen molar-refractivity contribution >= 4 is 59.9 Å². The summed E-state index contributed by atoms with van der Waals surface area (Å²) >= 11 is 6.46. The SMILES string of the molecule is COc1ccc(Oc2ncc(Br)cc2C(=O)O)cc1.COc1ccc2oc3ncc(Br)cc3c(=O)c2c1. The number of pyridine rings is 2. The minimum atomic E-state index is -1.10. The zero-order chi connectivity index (χ0) is 26.5. The quantitative estimate of drug-likeness (QED) is 0.218. The van der Waals surface area contributed by atoms with Gasteiger partial charge in [0, 0.05) is 21.3 Å². The Morgan fingerprint density at radius 1 is 0.838 bits per heavy atom. The molecule has 0 fully saturated rings. The van der Waals surface area contributed by atoms with Crippen LogP contribution in [-0.2, 0) is 0 Å². The van der Waals surface area contributed by atoms with Gasteiger partial charge < -0.3 is 23.7 Å². The van der Waals surface area contributed by atoms with Gasteiger partial charge in [-0.25, -0.2) is 14.8 Å². The van der Waals surface area contributed by atoms with Gasteiger partial charge in [0.2, 0.25) is 17.0 Å². The van der Waals surface area contributed by atoms with E-state index in [1.165, 1.54) is 12.3 Å². The van der Waals surface area contributed by atoms with Crippen molar-refractivity contribution < 1.29 is 28.5 Å². The van der Waals surface area contributed by atoms with Gasteiger partial charge in [0.05, 0.1) is 25.0 Å². The molecular formula is C26H18Br2N2O7. The molecule has 0 saturated carbocycles. The number of carboxylic acid groups (broad SMARTS) is 1. The fraction of sp³-hybridized carbons (Fsp3) is 0.0769. The lowest BCUT2D eigenvalue weighted by Gasteiger charge is -2.08. The molecule has 0 radical (unpaired) electrons. The first kappa shape index (κ1) is 26.1. The van der Waals surface area contributed by atoms with Crippen LogP contribution in [0.2, 0.25) is 0 Å². The van der Waals surface area contributed by atoms with E-state index < -0.39 is 5.97 Å². The third-order valence-corrected chi connectivity index (χ3v) is 5.89. The maximum Gasteiger partial charge on any atom is 0.341 e. The number of hydrogen-bond donors (Lipinski definition) is 1. The summed E-state index contributed by atoms with van der Waals surface area (Å²) in [5, 5.41) is 10.0. The average molecular weight is 630 g/mol. The minimum Gasteiger partial charge on any atom is -0.497 e. The van der Waals surface area contributed by atoms with Gasteiger partial charge in [-0.3, -0.25) is 4.79 Å². The number of carboxylic acids is 1. The summed E-state index contributed by atoms with van der Waals surface area (Å²) in [6, 6.07) is 15.0. The highest BCUT2D eigenvalue weighted by atomic mass is 79.9. The number of halogens is 2. The maximum atomic E-state index is 12.3. The van der Waals surface area contributed by atoms with Crippen LogP contribution in [0.1, 0.15) is 10.4 Å². The molecule has 0 amide bonds. The third kappa shape index (κ3) is 6.07. The lowest BCUT2D eigenvalue weighted by molar-refractivity contribution is 0.0693. The number of carbonyl (C=O) groups is 1. The number of nitrogens with zero attached hydrogens (tertiary/aromatic N) is 2. The van der Waals surface area contributed by atoms with E-state index in [2.05, 4.69) is 41.8 Å². The van der Waals surface area contributed by atoms with Crippen molar-refractivity contribution in [2.75, 3.05) is 14.2 Å². The smallest absolute Gasteiger partial charge is 0.341 e. The fourth-order valence-corrected chi connectivity index (χ4v) is 3.90. The van der Waals surface area contributed by atoms with E-state index in [0.29, 0.717) is 43.8 Å². The Morgan fingerprint density at radius 3 is 2.14 bits per heavy atom. The molecule has 188 valence electrons.